The summed E-state index contributed by atoms with van der Waals surface area (Å²) >= 11 is 0.805. The maximum Gasteiger partial charge on any atom is 0.306 e. The zero-order valence-electron chi connectivity index (χ0n) is 13.9. The third-order valence-corrected chi connectivity index (χ3v) is 4.51. The van der Waals surface area contributed by atoms with Crippen LogP contribution in [0, 0.1) is 5.82 Å². The van der Waals surface area contributed by atoms with E-state index >= 15 is 0 Å². The molecular formula is C19H14FNO5S. The summed E-state index contributed by atoms with van der Waals surface area (Å²) in [4.78, 5) is 36.4. The molecule has 2 aromatic rings. The number of carbonyl (C=O) groups excluding carboxylic acids is 2. The highest BCUT2D eigenvalue weighted by atomic mass is 32.2. The van der Waals surface area contributed by atoms with E-state index in [2.05, 4.69) is 0 Å². The number of halogens is 1. The number of imide groups is 1. The lowest BCUT2D eigenvalue weighted by atomic mass is 10.2. The molecule has 1 N–H and O–H groups in total. The molecule has 0 aromatic heterocycles. The Labute approximate surface area is 158 Å². The van der Waals surface area contributed by atoms with Crippen molar-refractivity contribution < 1.29 is 28.6 Å². The van der Waals surface area contributed by atoms with Gasteiger partial charge in [0.1, 0.15) is 11.6 Å². The zero-order valence-corrected chi connectivity index (χ0v) is 14.7. The molecule has 1 fully saturated rings. The molecule has 1 aliphatic rings. The van der Waals surface area contributed by atoms with Crippen molar-refractivity contribution in [2.75, 3.05) is 11.5 Å². The lowest BCUT2D eigenvalue weighted by Gasteiger charge is -2.11. The van der Waals surface area contributed by atoms with Gasteiger partial charge in [0.25, 0.3) is 11.1 Å². The molecule has 8 heteroatoms. The van der Waals surface area contributed by atoms with E-state index < -0.39 is 22.9 Å². The Morgan fingerprint density at radius 3 is 2.41 bits per heavy atom. The van der Waals surface area contributed by atoms with Gasteiger partial charge in [0, 0.05) is 0 Å². The molecule has 6 nitrogen and oxygen atoms in total. The molecule has 3 rings (SSSR count). The quantitative estimate of drug-likeness (QED) is 0.757. The normalized spacial score (nSPS) is 15.4. The van der Waals surface area contributed by atoms with Crippen LogP contribution in [-0.2, 0) is 9.59 Å². The van der Waals surface area contributed by atoms with Crippen LogP contribution < -0.4 is 9.64 Å². The second kappa shape index (κ2) is 8.05. The highest BCUT2D eigenvalue weighted by Gasteiger charge is 2.36. The first kappa shape index (κ1) is 18.7. The second-order valence-electron chi connectivity index (χ2n) is 5.55. The van der Waals surface area contributed by atoms with Gasteiger partial charge in [-0.2, -0.15) is 0 Å². The van der Waals surface area contributed by atoms with Gasteiger partial charge in [-0.05, 0) is 59.8 Å². The number of ether oxygens (including phenoxy) is 1. The standard InChI is InChI=1S/C19H14FNO5S/c20-13-3-5-14(6-4-13)21-18(24)16(27-19(21)25)11-12-1-7-15(8-2-12)26-10-9-17(22)23/h1-8,11H,9-10H2,(H,22,23)/b16-11+. The number of carboxylic acids is 1. The molecule has 0 atom stereocenters. The molecule has 0 aliphatic carbocycles. The summed E-state index contributed by atoms with van der Waals surface area (Å²) in [6.07, 6.45) is 1.48. The van der Waals surface area contributed by atoms with Gasteiger partial charge in [-0.3, -0.25) is 14.4 Å². The Bertz CT molecular complexity index is 909. The average Bonchev–Trinajstić information content (AvgIpc) is 2.91. The second-order valence-corrected chi connectivity index (χ2v) is 6.55. The Hall–Kier alpha value is -3.13. The Morgan fingerprint density at radius 2 is 1.78 bits per heavy atom. The molecule has 0 bridgehead atoms. The number of carbonyl (C=O) groups is 3. The van der Waals surface area contributed by atoms with E-state index in [1.165, 1.54) is 24.3 Å². The fraction of sp³-hybridized carbons (Fsp3) is 0.105. The van der Waals surface area contributed by atoms with Gasteiger partial charge in [-0.25, -0.2) is 9.29 Å². The van der Waals surface area contributed by atoms with Gasteiger partial charge in [0.15, 0.2) is 0 Å². The largest absolute Gasteiger partial charge is 0.493 e. The number of carboxylic acid groups (broad SMARTS) is 1. The van der Waals surface area contributed by atoms with Crippen molar-refractivity contribution >= 4 is 40.6 Å². The Balaban J connectivity index is 1.71. The predicted octanol–water partition coefficient (Wildman–Crippen LogP) is 3.92. The van der Waals surface area contributed by atoms with Crippen molar-refractivity contribution in [2.45, 2.75) is 6.42 Å². The minimum Gasteiger partial charge on any atom is -0.493 e. The molecule has 0 spiro atoms. The third-order valence-electron chi connectivity index (χ3n) is 3.64. The van der Waals surface area contributed by atoms with E-state index in [4.69, 9.17) is 9.84 Å². The molecule has 0 unspecified atom stereocenters. The molecule has 138 valence electrons. The fourth-order valence-electron chi connectivity index (χ4n) is 2.35. The minimum atomic E-state index is -0.941. The lowest BCUT2D eigenvalue weighted by Crippen LogP contribution is -2.27. The molecular weight excluding hydrogens is 373 g/mol. The van der Waals surface area contributed by atoms with Crippen molar-refractivity contribution in [3.63, 3.8) is 0 Å². The van der Waals surface area contributed by atoms with Crippen LogP contribution in [-0.4, -0.2) is 28.8 Å². The summed E-state index contributed by atoms with van der Waals surface area (Å²) in [5.41, 5.74) is 0.995. The predicted molar refractivity (Wildman–Crippen MR) is 99.0 cm³/mol. The van der Waals surface area contributed by atoms with Crippen LogP contribution in [0.4, 0.5) is 14.9 Å². The van der Waals surface area contributed by atoms with Crippen LogP contribution in [0.3, 0.4) is 0 Å². The topological polar surface area (TPSA) is 83.9 Å². The van der Waals surface area contributed by atoms with Crippen molar-refractivity contribution in [1.82, 2.24) is 0 Å². The number of nitrogens with zero attached hydrogens (tertiary/aromatic N) is 1. The molecule has 1 heterocycles. The number of rotatable bonds is 6. The first-order valence-corrected chi connectivity index (χ1v) is 8.74. The van der Waals surface area contributed by atoms with E-state index in [0.717, 1.165) is 16.7 Å². The van der Waals surface area contributed by atoms with Crippen LogP contribution in [0.25, 0.3) is 6.08 Å². The molecule has 2 amide bonds. The van der Waals surface area contributed by atoms with Gasteiger partial charge in [-0.15, -0.1) is 0 Å². The number of thioether (sulfide) groups is 1. The molecule has 1 aliphatic heterocycles. The third kappa shape index (κ3) is 4.53. The van der Waals surface area contributed by atoms with Gasteiger partial charge in [-0.1, -0.05) is 12.1 Å². The van der Waals surface area contributed by atoms with Crippen LogP contribution >= 0.6 is 11.8 Å². The summed E-state index contributed by atoms with van der Waals surface area (Å²) in [5.74, 6) is -1.36. The summed E-state index contributed by atoms with van der Waals surface area (Å²) in [6.45, 7) is 0.0608. The molecule has 0 radical (unpaired) electrons. The highest BCUT2D eigenvalue weighted by Crippen LogP contribution is 2.35. The first-order valence-electron chi connectivity index (χ1n) is 7.92. The van der Waals surface area contributed by atoms with Crippen LogP contribution in [0.1, 0.15) is 12.0 Å². The first-order chi connectivity index (χ1) is 12.9. The minimum absolute atomic E-state index is 0.0608. The lowest BCUT2D eigenvalue weighted by molar-refractivity contribution is -0.137. The van der Waals surface area contributed by atoms with E-state index in [1.54, 1.807) is 30.3 Å². The van der Waals surface area contributed by atoms with Gasteiger partial charge >= 0.3 is 5.97 Å². The van der Waals surface area contributed by atoms with E-state index in [0.29, 0.717) is 17.0 Å². The van der Waals surface area contributed by atoms with Crippen molar-refractivity contribution in [1.29, 1.82) is 0 Å². The smallest absolute Gasteiger partial charge is 0.306 e. The van der Waals surface area contributed by atoms with E-state index in [9.17, 15) is 18.8 Å². The van der Waals surface area contributed by atoms with Gasteiger partial charge < -0.3 is 9.84 Å². The molecule has 0 saturated carbocycles. The number of amides is 2. The maximum atomic E-state index is 13.0. The van der Waals surface area contributed by atoms with E-state index in [-0.39, 0.29) is 17.9 Å². The molecule has 1 saturated heterocycles. The number of aliphatic carboxylic acids is 1. The van der Waals surface area contributed by atoms with Gasteiger partial charge in [0.2, 0.25) is 0 Å². The highest BCUT2D eigenvalue weighted by molar-refractivity contribution is 8.19. The Kier molecular flexibility index (Phi) is 5.56. The number of hydrogen-bond donors (Lipinski definition) is 1. The number of hydrogen-bond acceptors (Lipinski definition) is 5. The summed E-state index contributed by atoms with van der Waals surface area (Å²) < 4.78 is 18.3. The van der Waals surface area contributed by atoms with Gasteiger partial charge in [0.05, 0.1) is 23.6 Å². The SMILES string of the molecule is O=C(O)CCOc1ccc(/C=C2/SC(=O)N(c3ccc(F)cc3)C2=O)cc1. The monoisotopic (exact) mass is 387 g/mol. The molecule has 2 aromatic carbocycles. The number of anilines is 1. The van der Waals surface area contributed by atoms with Crippen LogP contribution in [0.15, 0.2) is 53.4 Å². The molecule has 27 heavy (non-hydrogen) atoms. The van der Waals surface area contributed by atoms with Crippen LogP contribution in [0.5, 0.6) is 5.75 Å². The number of benzene rings is 2. The van der Waals surface area contributed by atoms with Crippen molar-refractivity contribution in [3.05, 3.63) is 64.8 Å². The van der Waals surface area contributed by atoms with Crippen LogP contribution in [0.2, 0.25) is 0 Å². The average molecular weight is 387 g/mol. The van der Waals surface area contributed by atoms with Crippen molar-refractivity contribution in [3.8, 4) is 5.75 Å². The van der Waals surface area contributed by atoms with Crippen molar-refractivity contribution in [2.24, 2.45) is 0 Å². The fourth-order valence-corrected chi connectivity index (χ4v) is 3.19. The Morgan fingerprint density at radius 1 is 1.11 bits per heavy atom. The maximum absolute atomic E-state index is 13.0. The zero-order chi connectivity index (χ0) is 19.4. The summed E-state index contributed by atoms with van der Waals surface area (Å²) in [6, 6.07) is 11.8. The summed E-state index contributed by atoms with van der Waals surface area (Å²) in [5, 5.41) is 8.13. The van der Waals surface area contributed by atoms with E-state index in [1.807, 2.05) is 0 Å². The summed E-state index contributed by atoms with van der Waals surface area (Å²) in [7, 11) is 0.